The van der Waals surface area contributed by atoms with E-state index < -0.39 is 0 Å². The van der Waals surface area contributed by atoms with Gasteiger partial charge in [-0.25, -0.2) is 0 Å². The van der Waals surface area contributed by atoms with Gasteiger partial charge in [-0.05, 0) is 37.1 Å². The predicted octanol–water partition coefficient (Wildman–Crippen LogP) is 3.63. The third-order valence-electron chi connectivity index (χ3n) is 3.74. The zero-order valence-electron chi connectivity index (χ0n) is 13.5. The summed E-state index contributed by atoms with van der Waals surface area (Å²) in [5, 5.41) is 7.24. The van der Waals surface area contributed by atoms with Crippen LogP contribution in [0.3, 0.4) is 0 Å². The summed E-state index contributed by atoms with van der Waals surface area (Å²) in [4.78, 5) is 12.2. The molecule has 2 aromatic rings. The molecule has 0 aliphatic rings. The topological polar surface area (TPSA) is 46.9 Å². The van der Waals surface area contributed by atoms with Crippen LogP contribution in [0.1, 0.15) is 55.5 Å². The summed E-state index contributed by atoms with van der Waals surface area (Å²) in [5.74, 6) is 0.00892. The van der Waals surface area contributed by atoms with Gasteiger partial charge in [-0.3, -0.25) is 9.48 Å². The van der Waals surface area contributed by atoms with Crippen LogP contribution in [0.2, 0.25) is 0 Å². The van der Waals surface area contributed by atoms with Crippen molar-refractivity contribution in [3.63, 3.8) is 0 Å². The molecule has 0 fully saturated rings. The van der Waals surface area contributed by atoms with Gasteiger partial charge in [-0.15, -0.1) is 0 Å². The lowest BCUT2D eigenvalue weighted by atomic mass is 10.1. The van der Waals surface area contributed by atoms with Crippen molar-refractivity contribution in [2.45, 2.75) is 52.1 Å². The van der Waals surface area contributed by atoms with Crippen molar-refractivity contribution >= 4 is 5.91 Å². The largest absolute Gasteiger partial charge is 0.350 e. The number of carbonyl (C=O) groups is 1. The molecule has 0 aliphatic heterocycles. The molecule has 4 nitrogen and oxygen atoms in total. The average Bonchev–Trinajstić information content (AvgIpc) is 3.01. The Balaban J connectivity index is 1.85. The van der Waals surface area contributed by atoms with Crippen molar-refractivity contribution < 1.29 is 4.79 Å². The maximum atomic E-state index is 12.2. The monoisotopic (exact) mass is 299 g/mol. The Morgan fingerprint density at radius 3 is 2.68 bits per heavy atom. The van der Waals surface area contributed by atoms with Crippen LogP contribution in [-0.2, 0) is 6.54 Å². The maximum Gasteiger partial charge on any atom is 0.251 e. The van der Waals surface area contributed by atoms with E-state index in [9.17, 15) is 4.79 Å². The van der Waals surface area contributed by atoms with E-state index in [-0.39, 0.29) is 11.9 Å². The van der Waals surface area contributed by atoms with E-state index >= 15 is 0 Å². The number of nitrogens with zero attached hydrogens (tertiary/aromatic N) is 2. The van der Waals surface area contributed by atoms with Crippen molar-refractivity contribution in [1.82, 2.24) is 15.1 Å². The Morgan fingerprint density at radius 2 is 2.05 bits per heavy atom. The van der Waals surface area contributed by atoms with E-state index in [2.05, 4.69) is 24.3 Å². The number of hydrogen-bond donors (Lipinski definition) is 1. The van der Waals surface area contributed by atoms with Gasteiger partial charge in [-0.2, -0.15) is 5.10 Å². The highest BCUT2D eigenvalue weighted by atomic mass is 16.1. The summed E-state index contributed by atoms with van der Waals surface area (Å²) < 4.78 is 1.87. The van der Waals surface area contributed by atoms with Crippen LogP contribution in [0.25, 0.3) is 0 Å². The molecule has 1 N–H and O–H groups in total. The van der Waals surface area contributed by atoms with Gasteiger partial charge in [0.15, 0.2) is 0 Å². The number of benzene rings is 1. The highest BCUT2D eigenvalue weighted by Crippen LogP contribution is 2.08. The minimum atomic E-state index is 0.00892. The van der Waals surface area contributed by atoms with Crippen LogP contribution >= 0.6 is 0 Å². The van der Waals surface area contributed by atoms with Crippen LogP contribution in [-0.4, -0.2) is 21.7 Å². The second-order valence-electron chi connectivity index (χ2n) is 5.77. The van der Waals surface area contributed by atoms with Gasteiger partial charge in [0.1, 0.15) is 0 Å². The standard InChI is InChI=1S/C18H25N3O/c1-3-4-5-7-15(2)20-18(22)17-10-8-16(9-11-17)14-21-13-6-12-19-21/h6,8-13,15H,3-5,7,14H2,1-2H3,(H,20,22). The van der Waals surface area contributed by atoms with E-state index in [4.69, 9.17) is 0 Å². The van der Waals surface area contributed by atoms with Crippen LogP contribution in [0.4, 0.5) is 0 Å². The number of aromatic nitrogens is 2. The first-order valence-electron chi connectivity index (χ1n) is 8.06. The van der Waals surface area contributed by atoms with E-state index in [1.54, 1.807) is 6.20 Å². The van der Waals surface area contributed by atoms with Crippen LogP contribution < -0.4 is 5.32 Å². The molecular weight excluding hydrogens is 274 g/mol. The first kappa shape index (κ1) is 16.3. The number of unbranched alkanes of at least 4 members (excludes halogenated alkanes) is 2. The molecule has 4 heteroatoms. The lowest BCUT2D eigenvalue weighted by molar-refractivity contribution is 0.0938. The molecular formula is C18H25N3O. The molecule has 1 aromatic carbocycles. The number of rotatable bonds is 8. The SMILES string of the molecule is CCCCCC(C)NC(=O)c1ccc(Cn2cccn2)cc1. The third kappa shape index (κ3) is 5.02. The minimum absolute atomic E-state index is 0.00892. The summed E-state index contributed by atoms with van der Waals surface area (Å²) in [6, 6.07) is 9.86. The van der Waals surface area contributed by atoms with Crippen molar-refractivity contribution in [2.75, 3.05) is 0 Å². The summed E-state index contributed by atoms with van der Waals surface area (Å²) in [7, 11) is 0. The van der Waals surface area contributed by atoms with Crippen LogP contribution in [0, 0.1) is 0 Å². The lowest BCUT2D eigenvalue weighted by Crippen LogP contribution is -2.32. The van der Waals surface area contributed by atoms with Crippen LogP contribution in [0.5, 0.6) is 0 Å². The maximum absolute atomic E-state index is 12.2. The number of carbonyl (C=O) groups excluding carboxylic acids is 1. The van der Waals surface area contributed by atoms with E-state index in [1.165, 1.54) is 19.3 Å². The fourth-order valence-electron chi connectivity index (χ4n) is 2.42. The average molecular weight is 299 g/mol. The van der Waals surface area contributed by atoms with Crippen molar-refractivity contribution in [3.05, 3.63) is 53.9 Å². The minimum Gasteiger partial charge on any atom is -0.350 e. The Hall–Kier alpha value is -2.10. The normalized spacial score (nSPS) is 12.1. The summed E-state index contributed by atoms with van der Waals surface area (Å²) in [5.41, 5.74) is 1.85. The predicted molar refractivity (Wildman–Crippen MR) is 88.8 cm³/mol. The fourth-order valence-corrected chi connectivity index (χ4v) is 2.42. The van der Waals surface area contributed by atoms with E-state index in [0.717, 1.165) is 18.5 Å². The molecule has 118 valence electrons. The summed E-state index contributed by atoms with van der Waals surface area (Å²) in [6.45, 7) is 4.98. The van der Waals surface area contributed by atoms with Gasteiger partial charge < -0.3 is 5.32 Å². The molecule has 1 aromatic heterocycles. The third-order valence-corrected chi connectivity index (χ3v) is 3.74. The molecule has 22 heavy (non-hydrogen) atoms. The van der Waals surface area contributed by atoms with E-state index in [1.807, 2.05) is 41.2 Å². The van der Waals surface area contributed by atoms with Gasteiger partial charge in [0.25, 0.3) is 5.91 Å². The molecule has 1 unspecified atom stereocenters. The molecule has 1 heterocycles. The Labute approximate surface area is 132 Å². The zero-order valence-corrected chi connectivity index (χ0v) is 13.5. The second-order valence-corrected chi connectivity index (χ2v) is 5.77. The number of hydrogen-bond acceptors (Lipinski definition) is 2. The van der Waals surface area contributed by atoms with Crippen LogP contribution in [0.15, 0.2) is 42.7 Å². The highest BCUT2D eigenvalue weighted by Gasteiger charge is 2.09. The number of nitrogens with one attached hydrogen (secondary N) is 1. The highest BCUT2D eigenvalue weighted by molar-refractivity contribution is 5.94. The van der Waals surface area contributed by atoms with Crippen molar-refractivity contribution in [3.8, 4) is 0 Å². The second kappa shape index (κ2) is 8.37. The molecule has 0 saturated carbocycles. The lowest BCUT2D eigenvalue weighted by Gasteiger charge is -2.14. The molecule has 1 atom stereocenters. The van der Waals surface area contributed by atoms with Gasteiger partial charge in [0, 0.05) is 24.0 Å². The van der Waals surface area contributed by atoms with Gasteiger partial charge in [0.05, 0.1) is 6.54 Å². The van der Waals surface area contributed by atoms with Crippen molar-refractivity contribution in [2.24, 2.45) is 0 Å². The first-order chi connectivity index (χ1) is 10.7. The van der Waals surface area contributed by atoms with Crippen molar-refractivity contribution in [1.29, 1.82) is 0 Å². The molecule has 0 radical (unpaired) electrons. The van der Waals surface area contributed by atoms with Gasteiger partial charge >= 0.3 is 0 Å². The van der Waals surface area contributed by atoms with Gasteiger partial charge in [-0.1, -0.05) is 38.3 Å². The van der Waals surface area contributed by atoms with Gasteiger partial charge in [0.2, 0.25) is 0 Å². The molecule has 0 aliphatic carbocycles. The first-order valence-corrected chi connectivity index (χ1v) is 8.06. The summed E-state index contributed by atoms with van der Waals surface area (Å²) >= 11 is 0. The molecule has 1 amide bonds. The zero-order chi connectivity index (χ0) is 15.8. The molecule has 0 bridgehead atoms. The smallest absolute Gasteiger partial charge is 0.251 e. The Kier molecular flexibility index (Phi) is 6.19. The quantitative estimate of drug-likeness (QED) is 0.757. The Morgan fingerprint density at radius 1 is 1.27 bits per heavy atom. The number of amides is 1. The molecule has 0 saturated heterocycles. The fraction of sp³-hybridized carbons (Fsp3) is 0.444. The van der Waals surface area contributed by atoms with E-state index in [0.29, 0.717) is 5.56 Å². The summed E-state index contributed by atoms with van der Waals surface area (Å²) in [6.07, 6.45) is 8.33. The Bertz CT molecular complexity index is 561. The molecule has 2 rings (SSSR count). The molecule has 0 spiro atoms.